The summed E-state index contributed by atoms with van der Waals surface area (Å²) < 4.78 is 0. The van der Waals surface area contributed by atoms with Gasteiger partial charge in [0.05, 0.1) is 0 Å². The Hall–Kier alpha value is -0.610. The number of likely N-dealkylation sites (N-methyl/N-ethyl adjacent to an activating group) is 1. The molecule has 1 saturated heterocycles. The molecular formula is C17H28ClN3. The van der Waals surface area contributed by atoms with Crippen LogP contribution in [-0.4, -0.2) is 55.6 Å². The van der Waals surface area contributed by atoms with Crippen LogP contribution in [-0.2, 0) is 6.54 Å². The van der Waals surface area contributed by atoms with Gasteiger partial charge in [-0.1, -0.05) is 37.6 Å². The Bertz CT molecular complexity index is 428. The molecule has 0 spiro atoms. The molecule has 1 aromatic rings. The van der Waals surface area contributed by atoms with E-state index in [9.17, 15) is 0 Å². The van der Waals surface area contributed by atoms with Gasteiger partial charge in [0.15, 0.2) is 0 Å². The van der Waals surface area contributed by atoms with Gasteiger partial charge in [-0.15, -0.1) is 0 Å². The Labute approximate surface area is 134 Å². The van der Waals surface area contributed by atoms with Crippen LogP contribution in [0.3, 0.4) is 0 Å². The van der Waals surface area contributed by atoms with Gasteiger partial charge in [0.1, 0.15) is 0 Å². The minimum absolute atomic E-state index is 0.609. The monoisotopic (exact) mass is 309 g/mol. The van der Waals surface area contributed by atoms with Crippen LogP contribution in [0.5, 0.6) is 0 Å². The molecule has 1 aliphatic rings. The lowest BCUT2D eigenvalue weighted by atomic mass is 10.0. The van der Waals surface area contributed by atoms with Gasteiger partial charge in [-0.25, -0.2) is 0 Å². The molecule has 0 aromatic heterocycles. The quantitative estimate of drug-likeness (QED) is 0.871. The fraction of sp³-hybridized carbons (Fsp3) is 0.647. The van der Waals surface area contributed by atoms with E-state index in [1.165, 1.54) is 31.7 Å². The van der Waals surface area contributed by atoms with Crippen molar-refractivity contribution in [3.8, 4) is 0 Å². The predicted molar refractivity (Wildman–Crippen MR) is 90.9 cm³/mol. The third kappa shape index (κ3) is 5.26. The number of rotatable bonds is 6. The van der Waals surface area contributed by atoms with Crippen LogP contribution in [0.15, 0.2) is 24.3 Å². The predicted octanol–water partition coefficient (Wildman–Crippen LogP) is 2.70. The summed E-state index contributed by atoms with van der Waals surface area (Å²) in [6.45, 7) is 11.3. The number of hydrogen-bond acceptors (Lipinski definition) is 3. The zero-order valence-electron chi connectivity index (χ0n) is 13.5. The number of nitrogens with zero attached hydrogens (tertiary/aromatic N) is 2. The second kappa shape index (κ2) is 8.14. The second-order valence-corrected chi connectivity index (χ2v) is 6.85. The summed E-state index contributed by atoms with van der Waals surface area (Å²) in [6.07, 6.45) is 0. The Kier molecular flexibility index (Phi) is 6.49. The first-order chi connectivity index (χ1) is 10.1. The van der Waals surface area contributed by atoms with Crippen LogP contribution in [0, 0.1) is 5.92 Å². The molecular weight excluding hydrogens is 282 g/mol. The first-order valence-electron chi connectivity index (χ1n) is 7.94. The molecule has 0 bridgehead atoms. The smallest absolute Gasteiger partial charge is 0.0409 e. The summed E-state index contributed by atoms with van der Waals surface area (Å²) in [5.41, 5.74) is 1.25. The van der Waals surface area contributed by atoms with Crippen LogP contribution in [0.25, 0.3) is 0 Å². The van der Waals surface area contributed by atoms with E-state index in [1.54, 1.807) is 0 Å². The first-order valence-corrected chi connectivity index (χ1v) is 8.32. The van der Waals surface area contributed by atoms with Crippen molar-refractivity contribution in [3.05, 3.63) is 34.9 Å². The third-order valence-corrected chi connectivity index (χ3v) is 4.58. The van der Waals surface area contributed by atoms with Gasteiger partial charge in [-0.3, -0.25) is 4.90 Å². The van der Waals surface area contributed by atoms with Crippen molar-refractivity contribution in [2.24, 2.45) is 5.92 Å². The Morgan fingerprint density at radius 3 is 2.52 bits per heavy atom. The molecule has 1 aromatic carbocycles. The molecule has 0 saturated carbocycles. The molecule has 1 unspecified atom stereocenters. The fourth-order valence-corrected chi connectivity index (χ4v) is 3.16. The lowest BCUT2D eigenvalue weighted by Gasteiger charge is -2.40. The lowest BCUT2D eigenvalue weighted by Crippen LogP contribution is -2.53. The van der Waals surface area contributed by atoms with Crippen molar-refractivity contribution >= 4 is 11.6 Å². The number of nitrogens with one attached hydrogen (secondary N) is 1. The van der Waals surface area contributed by atoms with Gasteiger partial charge in [0, 0.05) is 50.3 Å². The van der Waals surface area contributed by atoms with Gasteiger partial charge in [-0.2, -0.15) is 0 Å². The maximum Gasteiger partial charge on any atom is 0.0409 e. The van der Waals surface area contributed by atoms with Crippen LogP contribution >= 0.6 is 11.6 Å². The topological polar surface area (TPSA) is 18.5 Å². The molecule has 1 aliphatic heterocycles. The van der Waals surface area contributed by atoms with E-state index in [1.807, 2.05) is 18.2 Å². The number of benzene rings is 1. The largest absolute Gasteiger partial charge is 0.311 e. The number of halogens is 1. The van der Waals surface area contributed by atoms with Gasteiger partial charge in [0.25, 0.3) is 0 Å². The van der Waals surface area contributed by atoms with Crippen LogP contribution in [0.4, 0.5) is 0 Å². The summed E-state index contributed by atoms with van der Waals surface area (Å²) in [4.78, 5) is 5.04. The highest BCUT2D eigenvalue weighted by Crippen LogP contribution is 2.14. The van der Waals surface area contributed by atoms with Crippen molar-refractivity contribution in [3.63, 3.8) is 0 Å². The van der Waals surface area contributed by atoms with Gasteiger partial charge < -0.3 is 10.2 Å². The number of hydrogen-bond donors (Lipinski definition) is 1. The Morgan fingerprint density at radius 1 is 1.19 bits per heavy atom. The van der Waals surface area contributed by atoms with Crippen LogP contribution < -0.4 is 5.32 Å². The average Bonchev–Trinajstić information content (AvgIpc) is 2.45. The molecule has 4 heteroatoms. The lowest BCUT2D eigenvalue weighted by molar-refractivity contribution is 0.0875. The molecule has 0 radical (unpaired) electrons. The molecule has 3 nitrogen and oxygen atoms in total. The van der Waals surface area contributed by atoms with Crippen molar-refractivity contribution in [2.45, 2.75) is 26.4 Å². The van der Waals surface area contributed by atoms with Crippen molar-refractivity contribution < 1.29 is 0 Å². The zero-order valence-corrected chi connectivity index (χ0v) is 14.2. The fourth-order valence-electron chi connectivity index (χ4n) is 2.95. The molecule has 21 heavy (non-hydrogen) atoms. The minimum Gasteiger partial charge on any atom is -0.311 e. The van der Waals surface area contributed by atoms with E-state index in [0.29, 0.717) is 12.0 Å². The second-order valence-electron chi connectivity index (χ2n) is 6.41. The first kappa shape index (κ1) is 16.8. The summed E-state index contributed by atoms with van der Waals surface area (Å²) in [5.74, 6) is 0.667. The van der Waals surface area contributed by atoms with Crippen LogP contribution in [0.1, 0.15) is 19.4 Å². The van der Waals surface area contributed by atoms with Crippen molar-refractivity contribution in [1.82, 2.24) is 15.1 Å². The van der Waals surface area contributed by atoms with E-state index in [-0.39, 0.29) is 0 Å². The maximum atomic E-state index is 6.03. The highest BCUT2D eigenvalue weighted by Gasteiger charge is 2.24. The van der Waals surface area contributed by atoms with E-state index in [2.05, 4.69) is 42.1 Å². The highest BCUT2D eigenvalue weighted by molar-refractivity contribution is 6.30. The van der Waals surface area contributed by atoms with E-state index < -0.39 is 0 Å². The summed E-state index contributed by atoms with van der Waals surface area (Å²) in [6, 6.07) is 8.71. The van der Waals surface area contributed by atoms with Crippen molar-refractivity contribution in [2.75, 3.05) is 39.8 Å². The molecule has 1 heterocycles. The summed E-state index contributed by atoms with van der Waals surface area (Å²) in [7, 11) is 2.21. The third-order valence-electron chi connectivity index (χ3n) is 4.35. The van der Waals surface area contributed by atoms with Gasteiger partial charge in [0.2, 0.25) is 0 Å². The molecule has 118 valence electrons. The molecule has 0 aliphatic carbocycles. The van der Waals surface area contributed by atoms with E-state index >= 15 is 0 Å². The summed E-state index contributed by atoms with van der Waals surface area (Å²) >= 11 is 6.03. The Balaban J connectivity index is 1.83. The minimum atomic E-state index is 0.609. The SMILES string of the molecule is CC(C)C(CNCc1cccc(Cl)c1)N1CCN(C)CC1. The highest BCUT2D eigenvalue weighted by atomic mass is 35.5. The average molecular weight is 310 g/mol. The Morgan fingerprint density at radius 2 is 1.90 bits per heavy atom. The van der Waals surface area contributed by atoms with Crippen molar-refractivity contribution in [1.29, 1.82) is 0 Å². The molecule has 2 rings (SSSR count). The van der Waals surface area contributed by atoms with Gasteiger partial charge >= 0.3 is 0 Å². The maximum absolute atomic E-state index is 6.03. The standard InChI is InChI=1S/C17H28ClN3/c1-14(2)17(21-9-7-20(3)8-10-21)13-19-12-15-5-4-6-16(18)11-15/h4-6,11,14,17,19H,7-10,12-13H2,1-3H3. The number of piperazine rings is 1. The molecule has 0 amide bonds. The van der Waals surface area contributed by atoms with E-state index in [4.69, 9.17) is 11.6 Å². The molecule has 1 atom stereocenters. The normalized spacial score (nSPS) is 19.1. The van der Waals surface area contributed by atoms with Crippen LogP contribution in [0.2, 0.25) is 5.02 Å². The van der Waals surface area contributed by atoms with Gasteiger partial charge in [-0.05, 0) is 30.7 Å². The molecule has 1 fully saturated rings. The zero-order chi connectivity index (χ0) is 15.2. The summed E-state index contributed by atoms with van der Waals surface area (Å²) in [5, 5.41) is 4.42. The molecule has 1 N–H and O–H groups in total. The van der Waals surface area contributed by atoms with E-state index in [0.717, 1.165) is 18.1 Å².